The smallest absolute Gasteiger partial charge is 0.253 e. The number of fused-ring (bicyclic) bond motifs is 1. The first-order valence-corrected chi connectivity index (χ1v) is 6.42. The van der Waals surface area contributed by atoms with E-state index in [1.807, 2.05) is 24.3 Å². The van der Waals surface area contributed by atoms with Crippen molar-refractivity contribution in [1.82, 2.24) is 10.3 Å². The molecule has 2 aromatic rings. The van der Waals surface area contributed by atoms with Gasteiger partial charge in [-0.15, -0.1) is 0 Å². The highest BCUT2D eigenvalue weighted by molar-refractivity contribution is 6.06. The number of para-hydroxylation sites is 1. The number of amides is 1. The fraction of sp³-hybridized carbons (Fsp3) is 0.400. The van der Waals surface area contributed by atoms with E-state index in [1.165, 1.54) is 6.42 Å². The molecule has 1 unspecified atom stereocenters. The normalized spacial score (nSPS) is 20.9. The highest BCUT2D eigenvalue weighted by Gasteiger charge is 2.45. The number of hydrogen-bond donors (Lipinski definition) is 2. The van der Waals surface area contributed by atoms with Gasteiger partial charge in [0.2, 0.25) is 0 Å². The number of nitrogens with one attached hydrogen (secondary N) is 2. The first-order chi connectivity index (χ1) is 8.58. The molecule has 1 atom stereocenters. The monoisotopic (exact) mass is 242 g/mol. The molecule has 0 aliphatic heterocycles. The van der Waals surface area contributed by atoms with Crippen molar-refractivity contribution < 1.29 is 4.79 Å². The Bertz CT molecular complexity index is 597. The van der Waals surface area contributed by atoms with Crippen LogP contribution in [0.25, 0.3) is 10.9 Å². The van der Waals surface area contributed by atoms with E-state index in [2.05, 4.69) is 24.1 Å². The lowest BCUT2D eigenvalue weighted by Gasteiger charge is -2.05. The highest BCUT2D eigenvalue weighted by atomic mass is 16.1. The van der Waals surface area contributed by atoms with Crippen molar-refractivity contribution in [1.29, 1.82) is 0 Å². The van der Waals surface area contributed by atoms with Crippen molar-refractivity contribution >= 4 is 16.8 Å². The van der Waals surface area contributed by atoms with Gasteiger partial charge in [0.05, 0.1) is 5.56 Å². The van der Waals surface area contributed by atoms with Crippen LogP contribution in [0.3, 0.4) is 0 Å². The molecule has 3 rings (SSSR count). The standard InChI is InChI=1S/C15H18N2O/c1-15(2)7-10(15)8-17-14(18)12-9-16-13-6-4-3-5-11(12)13/h3-6,9-10,16H,7-8H2,1-2H3,(H,17,18). The topological polar surface area (TPSA) is 44.9 Å². The first kappa shape index (κ1) is 11.3. The number of aromatic amines is 1. The zero-order chi connectivity index (χ0) is 12.8. The Hall–Kier alpha value is -1.77. The van der Waals surface area contributed by atoms with Gasteiger partial charge in [0.1, 0.15) is 0 Å². The van der Waals surface area contributed by atoms with Gasteiger partial charge in [-0.05, 0) is 23.8 Å². The zero-order valence-electron chi connectivity index (χ0n) is 10.8. The average Bonchev–Trinajstić information content (AvgIpc) is 2.78. The third-order valence-electron chi connectivity index (χ3n) is 4.06. The molecule has 94 valence electrons. The average molecular weight is 242 g/mol. The molecule has 3 heteroatoms. The van der Waals surface area contributed by atoms with E-state index in [0.29, 0.717) is 11.3 Å². The number of carbonyl (C=O) groups excluding carboxylic acids is 1. The maximum atomic E-state index is 12.1. The molecule has 1 fully saturated rings. The Kier molecular flexibility index (Phi) is 2.44. The highest BCUT2D eigenvalue weighted by Crippen LogP contribution is 2.50. The van der Waals surface area contributed by atoms with Gasteiger partial charge in [-0.1, -0.05) is 32.0 Å². The van der Waals surface area contributed by atoms with Crippen molar-refractivity contribution in [2.45, 2.75) is 20.3 Å². The Morgan fingerprint density at radius 1 is 1.44 bits per heavy atom. The number of carbonyl (C=O) groups is 1. The van der Waals surface area contributed by atoms with E-state index >= 15 is 0 Å². The number of H-pyrrole nitrogens is 1. The second-order valence-electron chi connectivity index (χ2n) is 5.85. The molecule has 1 saturated carbocycles. The summed E-state index contributed by atoms with van der Waals surface area (Å²) in [6, 6.07) is 7.88. The lowest BCUT2D eigenvalue weighted by atomic mass is 10.1. The number of benzene rings is 1. The molecule has 1 aromatic carbocycles. The molecule has 0 radical (unpaired) electrons. The fourth-order valence-corrected chi connectivity index (χ4v) is 2.50. The minimum atomic E-state index is 0.0233. The van der Waals surface area contributed by atoms with Gasteiger partial charge in [-0.3, -0.25) is 4.79 Å². The molecule has 1 aliphatic carbocycles. The molecule has 3 nitrogen and oxygen atoms in total. The molecule has 1 amide bonds. The molecule has 0 bridgehead atoms. The number of aromatic nitrogens is 1. The predicted molar refractivity (Wildman–Crippen MR) is 72.5 cm³/mol. The lowest BCUT2D eigenvalue weighted by molar-refractivity contribution is 0.0952. The molecule has 1 aromatic heterocycles. The number of rotatable bonds is 3. The van der Waals surface area contributed by atoms with Crippen LogP contribution in [0.5, 0.6) is 0 Å². The zero-order valence-corrected chi connectivity index (χ0v) is 10.8. The van der Waals surface area contributed by atoms with Crippen molar-refractivity contribution in [2.75, 3.05) is 6.54 Å². The van der Waals surface area contributed by atoms with Crippen molar-refractivity contribution in [3.05, 3.63) is 36.0 Å². The largest absolute Gasteiger partial charge is 0.360 e. The van der Waals surface area contributed by atoms with E-state index < -0.39 is 0 Å². The van der Waals surface area contributed by atoms with Gasteiger partial charge in [-0.25, -0.2) is 0 Å². The Balaban J connectivity index is 1.72. The summed E-state index contributed by atoms with van der Waals surface area (Å²) in [6.45, 7) is 5.27. The minimum absolute atomic E-state index is 0.0233. The van der Waals surface area contributed by atoms with Crippen LogP contribution in [-0.2, 0) is 0 Å². The maximum absolute atomic E-state index is 12.1. The second-order valence-corrected chi connectivity index (χ2v) is 5.85. The summed E-state index contributed by atoms with van der Waals surface area (Å²) in [7, 11) is 0. The van der Waals surface area contributed by atoms with E-state index in [1.54, 1.807) is 6.20 Å². The van der Waals surface area contributed by atoms with Gasteiger partial charge >= 0.3 is 0 Å². The quantitative estimate of drug-likeness (QED) is 0.854. The lowest BCUT2D eigenvalue weighted by Crippen LogP contribution is -2.26. The third-order valence-corrected chi connectivity index (χ3v) is 4.06. The molecular formula is C15H18N2O. The van der Waals surface area contributed by atoms with Gasteiger partial charge in [0.25, 0.3) is 5.91 Å². The molecule has 1 heterocycles. The summed E-state index contributed by atoms with van der Waals surface area (Å²) in [5.41, 5.74) is 2.16. The van der Waals surface area contributed by atoms with Crippen LogP contribution >= 0.6 is 0 Å². The summed E-state index contributed by atoms with van der Waals surface area (Å²) >= 11 is 0. The van der Waals surface area contributed by atoms with Crippen molar-refractivity contribution in [3.8, 4) is 0 Å². The van der Waals surface area contributed by atoms with E-state index in [4.69, 9.17) is 0 Å². The van der Waals surface area contributed by atoms with Crippen LogP contribution in [0.4, 0.5) is 0 Å². The van der Waals surface area contributed by atoms with Crippen LogP contribution in [0, 0.1) is 11.3 Å². The summed E-state index contributed by atoms with van der Waals surface area (Å²) < 4.78 is 0. The van der Waals surface area contributed by atoms with Crippen molar-refractivity contribution in [3.63, 3.8) is 0 Å². The third kappa shape index (κ3) is 1.90. The summed E-state index contributed by atoms with van der Waals surface area (Å²) in [6.07, 6.45) is 3.00. The molecule has 2 N–H and O–H groups in total. The van der Waals surface area contributed by atoms with Crippen molar-refractivity contribution in [2.24, 2.45) is 11.3 Å². The van der Waals surface area contributed by atoms with Gasteiger partial charge in [-0.2, -0.15) is 0 Å². The van der Waals surface area contributed by atoms with Crippen LogP contribution in [-0.4, -0.2) is 17.4 Å². The molecule has 1 aliphatic rings. The Labute approximate surface area is 107 Å². The first-order valence-electron chi connectivity index (χ1n) is 6.42. The van der Waals surface area contributed by atoms with E-state index in [-0.39, 0.29) is 5.91 Å². The summed E-state index contributed by atoms with van der Waals surface area (Å²) in [5.74, 6) is 0.654. The summed E-state index contributed by atoms with van der Waals surface area (Å²) in [4.78, 5) is 15.3. The Morgan fingerprint density at radius 3 is 2.89 bits per heavy atom. The molecule has 0 spiro atoms. The van der Waals surface area contributed by atoms with Gasteiger partial charge in [0, 0.05) is 23.6 Å². The predicted octanol–water partition coefficient (Wildman–Crippen LogP) is 2.94. The van der Waals surface area contributed by atoms with Crippen LogP contribution < -0.4 is 5.32 Å². The van der Waals surface area contributed by atoms with E-state index in [0.717, 1.165) is 23.0 Å². The Morgan fingerprint density at radius 2 is 2.17 bits per heavy atom. The molecule has 18 heavy (non-hydrogen) atoms. The SMILES string of the molecule is CC1(C)CC1CNC(=O)c1c[nH]c2ccccc12. The number of hydrogen-bond acceptors (Lipinski definition) is 1. The summed E-state index contributed by atoms with van der Waals surface area (Å²) in [5, 5.41) is 4.03. The fourth-order valence-electron chi connectivity index (χ4n) is 2.50. The van der Waals surface area contributed by atoms with Gasteiger partial charge in [0.15, 0.2) is 0 Å². The van der Waals surface area contributed by atoms with Crippen LogP contribution in [0.1, 0.15) is 30.6 Å². The van der Waals surface area contributed by atoms with Crippen LogP contribution in [0.15, 0.2) is 30.5 Å². The van der Waals surface area contributed by atoms with Crippen LogP contribution in [0.2, 0.25) is 0 Å². The van der Waals surface area contributed by atoms with E-state index in [9.17, 15) is 4.79 Å². The molecular weight excluding hydrogens is 224 g/mol. The minimum Gasteiger partial charge on any atom is -0.360 e. The second kappa shape index (κ2) is 3.87. The molecule has 0 saturated heterocycles. The van der Waals surface area contributed by atoms with Gasteiger partial charge < -0.3 is 10.3 Å². The maximum Gasteiger partial charge on any atom is 0.253 e.